The van der Waals surface area contributed by atoms with Crippen LogP contribution in [-0.4, -0.2) is 74.8 Å². The molecule has 5 rings (SSSR count). The number of carboxylic acid groups (broad SMARTS) is 1. The Morgan fingerprint density at radius 2 is 1.87 bits per heavy atom. The average Bonchev–Trinajstić information content (AvgIpc) is 3.35. The van der Waals surface area contributed by atoms with E-state index in [4.69, 9.17) is 10.1 Å². The maximum Gasteiger partial charge on any atom is 0.405 e. The van der Waals surface area contributed by atoms with Crippen molar-refractivity contribution in [2.24, 2.45) is 13.0 Å². The predicted octanol–water partition coefficient (Wildman–Crippen LogP) is 3.72. The number of rotatable bonds is 8. The summed E-state index contributed by atoms with van der Waals surface area (Å²) in [5, 5.41) is 14.2. The zero-order valence-corrected chi connectivity index (χ0v) is 22.0. The van der Waals surface area contributed by atoms with Crippen LogP contribution in [0.15, 0.2) is 61.1 Å². The molecule has 0 aliphatic carbocycles. The van der Waals surface area contributed by atoms with E-state index in [2.05, 4.69) is 44.9 Å². The van der Waals surface area contributed by atoms with Crippen molar-refractivity contribution in [1.29, 1.82) is 0 Å². The molecular formula is C28H32N8O3. The van der Waals surface area contributed by atoms with Crippen LogP contribution in [0.2, 0.25) is 0 Å². The van der Waals surface area contributed by atoms with Crippen LogP contribution in [0, 0.1) is 5.92 Å². The Hall–Kier alpha value is -4.67. The van der Waals surface area contributed by atoms with Crippen LogP contribution in [0.1, 0.15) is 12.8 Å². The standard InChI is InChI=1S/C28H32N8O3/c1-34-18-32-26-22(20-6-4-3-5-7-20)14-21(15-23(26)34)35(2)24-8-11-29-27(33-24)30-16-19-9-12-36(13-10-19)25(37)17-31-28(38)39/h3-8,11,14-15,18-19,31H,9-10,12-13,16-17H2,1-2H3,(H,38,39)(H,29,30,33). The minimum Gasteiger partial charge on any atom is -0.465 e. The molecule has 2 aromatic heterocycles. The third-order valence-corrected chi connectivity index (χ3v) is 7.18. The first-order valence-corrected chi connectivity index (χ1v) is 12.9. The summed E-state index contributed by atoms with van der Waals surface area (Å²) >= 11 is 0. The summed E-state index contributed by atoms with van der Waals surface area (Å²) < 4.78 is 2.02. The van der Waals surface area contributed by atoms with Crippen molar-refractivity contribution in [3.63, 3.8) is 0 Å². The zero-order valence-electron chi connectivity index (χ0n) is 22.0. The minimum absolute atomic E-state index is 0.188. The summed E-state index contributed by atoms with van der Waals surface area (Å²) in [7, 11) is 3.98. The third kappa shape index (κ3) is 5.92. The topological polar surface area (TPSA) is 129 Å². The highest BCUT2D eigenvalue weighted by Crippen LogP contribution is 2.34. The number of hydrogen-bond donors (Lipinski definition) is 3. The number of benzene rings is 2. The molecule has 0 atom stereocenters. The highest BCUT2D eigenvalue weighted by atomic mass is 16.4. The van der Waals surface area contributed by atoms with Gasteiger partial charge in [0.15, 0.2) is 0 Å². The molecular weight excluding hydrogens is 496 g/mol. The highest BCUT2D eigenvalue weighted by molar-refractivity contribution is 5.95. The predicted molar refractivity (Wildman–Crippen MR) is 150 cm³/mol. The summed E-state index contributed by atoms with van der Waals surface area (Å²) in [6.45, 7) is 1.72. The van der Waals surface area contributed by atoms with Crippen LogP contribution in [0.4, 0.5) is 22.2 Å². The largest absolute Gasteiger partial charge is 0.465 e. The number of likely N-dealkylation sites (tertiary alicyclic amines) is 1. The first-order valence-electron chi connectivity index (χ1n) is 12.9. The van der Waals surface area contributed by atoms with Gasteiger partial charge >= 0.3 is 6.09 Å². The van der Waals surface area contributed by atoms with Crippen molar-refractivity contribution in [3.05, 3.63) is 61.1 Å². The molecule has 0 bridgehead atoms. The summed E-state index contributed by atoms with van der Waals surface area (Å²) in [6.07, 6.45) is 4.06. The van der Waals surface area contributed by atoms with Crippen LogP contribution in [0.25, 0.3) is 22.2 Å². The molecule has 39 heavy (non-hydrogen) atoms. The Balaban J connectivity index is 1.26. The van der Waals surface area contributed by atoms with Crippen LogP contribution in [0.3, 0.4) is 0 Å². The molecule has 0 saturated carbocycles. The first-order chi connectivity index (χ1) is 18.9. The van der Waals surface area contributed by atoms with Gasteiger partial charge in [-0.25, -0.2) is 14.8 Å². The van der Waals surface area contributed by atoms with Crippen molar-refractivity contribution in [3.8, 4) is 11.1 Å². The van der Waals surface area contributed by atoms with Gasteiger partial charge in [-0.15, -0.1) is 0 Å². The molecule has 4 aromatic rings. The van der Waals surface area contributed by atoms with E-state index in [0.29, 0.717) is 31.5 Å². The molecule has 2 aromatic carbocycles. The lowest BCUT2D eigenvalue weighted by Gasteiger charge is -2.32. The van der Waals surface area contributed by atoms with Gasteiger partial charge < -0.3 is 30.1 Å². The second-order valence-electron chi connectivity index (χ2n) is 9.74. The van der Waals surface area contributed by atoms with Gasteiger partial charge in [0.25, 0.3) is 0 Å². The van der Waals surface area contributed by atoms with E-state index < -0.39 is 6.09 Å². The fraction of sp³-hybridized carbons (Fsp3) is 0.321. The highest BCUT2D eigenvalue weighted by Gasteiger charge is 2.23. The molecule has 0 spiro atoms. The number of imidazole rings is 1. The molecule has 0 unspecified atom stereocenters. The normalized spacial score (nSPS) is 13.8. The molecule has 1 fully saturated rings. The Morgan fingerprint density at radius 3 is 2.62 bits per heavy atom. The molecule has 11 nitrogen and oxygen atoms in total. The summed E-state index contributed by atoms with van der Waals surface area (Å²) in [5.74, 6) is 1.49. The quantitative estimate of drug-likeness (QED) is 0.316. The lowest BCUT2D eigenvalue weighted by atomic mass is 9.97. The van der Waals surface area contributed by atoms with Gasteiger partial charge in [0.2, 0.25) is 11.9 Å². The van der Waals surface area contributed by atoms with Crippen LogP contribution < -0.4 is 15.5 Å². The lowest BCUT2D eigenvalue weighted by Crippen LogP contribution is -2.44. The number of nitrogens with zero attached hydrogens (tertiary/aromatic N) is 6. The summed E-state index contributed by atoms with van der Waals surface area (Å²) in [4.78, 5) is 40.3. The number of fused-ring (bicyclic) bond motifs is 1. The Bertz CT molecular complexity index is 1460. The molecule has 3 heterocycles. The van der Waals surface area contributed by atoms with Crippen molar-refractivity contribution >= 4 is 40.5 Å². The number of aromatic nitrogens is 4. The molecule has 11 heteroatoms. The minimum atomic E-state index is -1.19. The number of aryl methyl sites for hydroxylation is 1. The van der Waals surface area contributed by atoms with Gasteiger partial charge in [-0.1, -0.05) is 30.3 Å². The molecule has 1 saturated heterocycles. The van der Waals surface area contributed by atoms with Crippen LogP contribution in [-0.2, 0) is 11.8 Å². The van der Waals surface area contributed by atoms with E-state index in [9.17, 15) is 9.59 Å². The lowest BCUT2D eigenvalue weighted by molar-refractivity contribution is -0.131. The Morgan fingerprint density at radius 1 is 1.10 bits per heavy atom. The van der Waals surface area contributed by atoms with Crippen molar-refractivity contribution in [2.75, 3.05) is 43.4 Å². The van der Waals surface area contributed by atoms with Gasteiger partial charge in [0.1, 0.15) is 12.4 Å². The number of anilines is 3. The van der Waals surface area contributed by atoms with Gasteiger partial charge in [0, 0.05) is 51.2 Å². The van der Waals surface area contributed by atoms with Gasteiger partial charge in [-0.05, 0) is 42.5 Å². The van der Waals surface area contributed by atoms with Crippen molar-refractivity contribution < 1.29 is 14.7 Å². The SMILES string of the molecule is CN(c1cc(-c2ccccc2)c2ncn(C)c2c1)c1ccnc(NCC2CCN(C(=O)CNC(=O)O)CC2)n1. The van der Waals surface area contributed by atoms with E-state index in [1.54, 1.807) is 11.1 Å². The van der Waals surface area contributed by atoms with Gasteiger partial charge in [-0.2, -0.15) is 4.98 Å². The van der Waals surface area contributed by atoms with Crippen molar-refractivity contribution in [2.45, 2.75) is 12.8 Å². The Labute approximate surface area is 226 Å². The number of nitrogens with one attached hydrogen (secondary N) is 2. The molecule has 0 radical (unpaired) electrons. The maximum absolute atomic E-state index is 12.1. The summed E-state index contributed by atoms with van der Waals surface area (Å²) in [6, 6.07) is 16.4. The van der Waals surface area contributed by atoms with E-state index in [1.807, 2.05) is 54.2 Å². The van der Waals surface area contributed by atoms with Gasteiger partial charge in [-0.3, -0.25) is 4.79 Å². The monoisotopic (exact) mass is 528 g/mol. The molecule has 202 valence electrons. The number of amides is 2. The molecule has 1 aliphatic rings. The van der Waals surface area contributed by atoms with Crippen LogP contribution >= 0.6 is 0 Å². The maximum atomic E-state index is 12.1. The van der Waals surface area contributed by atoms with Crippen molar-refractivity contribution in [1.82, 2.24) is 29.7 Å². The average molecular weight is 529 g/mol. The molecule has 1 aliphatic heterocycles. The van der Waals surface area contributed by atoms with Gasteiger partial charge in [0.05, 0.1) is 17.4 Å². The van der Waals surface area contributed by atoms with E-state index in [0.717, 1.165) is 46.5 Å². The second-order valence-corrected chi connectivity index (χ2v) is 9.74. The number of carbonyl (C=O) groups is 2. The Kier molecular flexibility index (Phi) is 7.57. The number of piperidine rings is 1. The molecule has 3 N–H and O–H groups in total. The fourth-order valence-corrected chi connectivity index (χ4v) is 4.89. The second kappa shape index (κ2) is 11.4. The number of hydrogen-bond acceptors (Lipinski definition) is 7. The summed E-state index contributed by atoms with van der Waals surface area (Å²) in [5.41, 5.74) is 5.15. The smallest absolute Gasteiger partial charge is 0.405 e. The fourth-order valence-electron chi connectivity index (χ4n) is 4.89. The zero-order chi connectivity index (χ0) is 27.4. The van der Waals surface area contributed by atoms with Crippen LogP contribution in [0.5, 0.6) is 0 Å². The van der Waals surface area contributed by atoms with E-state index in [-0.39, 0.29) is 12.5 Å². The van der Waals surface area contributed by atoms with E-state index in [1.165, 1.54) is 0 Å². The first kappa shape index (κ1) is 26.0. The third-order valence-electron chi connectivity index (χ3n) is 7.18. The number of carbonyl (C=O) groups excluding carboxylic acids is 1. The molecule has 2 amide bonds. The van der Waals surface area contributed by atoms with E-state index >= 15 is 0 Å².